The first kappa shape index (κ1) is 22.9. The Balaban J connectivity index is 1.61. The third-order valence-electron chi connectivity index (χ3n) is 5.10. The minimum absolute atomic E-state index is 0.243. The van der Waals surface area contributed by atoms with Crippen LogP contribution in [0.1, 0.15) is 35.3 Å². The fourth-order valence-corrected chi connectivity index (χ4v) is 3.11. The Morgan fingerprint density at radius 1 is 0.875 bits per heavy atom. The lowest BCUT2D eigenvalue weighted by atomic mass is 10.1. The van der Waals surface area contributed by atoms with Gasteiger partial charge in [-0.25, -0.2) is 0 Å². The van der Waals surface area contributed by atoms with Crippen LogP contribution in [0.3, 0.4) is 0 Å². The molecule has 0 heterocycles. The number of rotatable bonds is 8. The number of hydrogen-bond donors (Lipinski definition) is 2. The summed E-state index contributed by atoms with van der Waals surface area (Å²) in [6, 6.07) is 19.7. The Morgan fingerprint density at radius 2 is 1.56 bits per heavy atom. The molecular formula is C26H28N2O4. The monoisotopic (exact) mass is 432 g/mol. The van der Waals surface area contributed by atoms with Crippen LogP contribution < -0.4 is 20.1 Å². The highest BCUT2D eigenvalue weighted by molar-refractivity contribution is 6.05. The topological polar surface area (TPSA) is 76.7 Å². The van der Waals surface area contributed by atoms with E-state index in [4.69, 9.17) is 9.47 Å². The molecule has 3 aromatic rings. The molecule has 6 nitrogen and oxygen atoms in total. The fraction of sp³-hybridized carbons (Fsp3) is 0.231. The molecule has 0 fully saturated rings. The van der Waals surface area contributed by atoms with Crippen molar-refractivity contribution < 1.29 is 19.1 Å². The maximum Gasteiger partial charge on any atom is 0.265 e. The highest BCUT2D eigenvalue weighted by atomic mass is 16.5. The molecule has 6 heteroatoms. The average Bonchev–Trinajstić information content (AvgIpc) is 2.78. The molecule has 1 atom stereocenters. The minimum atomic E-state index is -0.701. The predicted octanol–water partition coefficient (Wildman–Crippen LogP) is 5.36. The van der Waals surface area contributed by atoms with Gasteiger partial charge in [0.2, 0.25) is 0 Å². The van der Waals surface area contributed by atoms with Crippen LogP contribution in [0, 0.1) is 13.8 Å². The van der Waals surface area contributed by atoms with Crippen LogP contribution in [-0.2, 0) is 4.79 Å². The van der Waals surface area contributed by atoms with Crippen molar-refractivity contribution in [2.75, 3.05) is 17.2 Å². The summed E-state index contributed by atoms with van der Waals surface area (Å²) in [5.74, 6) is 0.615. The molecule has 0 aliphatic rings. The second-order valence-electron chi connectivity index (χ2n) is 7.40. The van der Waals surface area contributed by atoms with Gasteiger partial charge in [-0.05, 0) is 81.3 Å². The zero-order valence-corrected chi connectivity index (χ0v) is 18.8. The summed E-state index contributed by atoms with van der Waals surface area (Å²) in [5.41, 5.74) is 3.97. The quantitative estimate of drug-likeness (QED) is 0.502. The number of benzene rings is 3. The van der Waals surface area contributed by atoms with Crippen LogP contribution in [0.15, 0.2) is 66.7 Å². The maximum atomic E-state index is 12.6. The van der Waals surface area contributed by atoms with Gasteiger partial charge in [-0.15, -0.1) is 0 Å². The molecule has 2 amide bonds. The molecule has 0 saturated heterocycles. The number of aryl methyl sites for hydroxylation is 1. The number of nitrogens with one attached hydrogen (secondary N) is 2. The van der Waals surface area contributed by atoms with Gasteiger partial charge < -0.3 is 20.1 Å². The number of carbonyl (C=O) groups is 2. The molecular weight excluding hydrogens is 404 g/mol. The molecule has 0 saturated carbocycles. The van der Waals surface area contributed by atoms with Gasteiger partial charge >= 0.3 is 0 Å². The second-order valence-corrected chi connectivity index (χ2v) is 7.40. The Morgan fingerprint density at radius 3 is 2.28 bits per heavy atom. The van der Waals surface area contributed by atoms with Gasteiger partial charge in [0, 0.05) is 11.3 Å². The van der Waals surface area contributed by atoms with Crippen LogP contribution in [0.2, 0.25) is 0 Å². The lowest BCUT2D eigenvalue weighted by Crippen LogP contribution is -2.30. The van der Waals surface area contributed by atoms with Crippen LogP contribution in [-0.4, -0.2) is 24.5 Å². The summed E-state index contributed by atoms with van der Waals surface area (Å²) >= 11 is 0. The Labute approximate surface area is 188 Å². The zero-order valence-electron chi connectivity index (χ0n) is 18.8. The summed E-state index contributed by atoms with van der Waals surface area (Å²) in [7, 11) is 0. The average molecular weight is 433 g/mol. The Bertz CT molecular complexity index is 1090. The van der Waals surface area contributed by atoms with Gasteiger partial charge in [0.25, 0.3) is 11.8 Å². The molecule has 3 rings (SSSR count). The van der Waals surface area contributed by atoms with Crippen molar-refractivity contribution in [3.05, 3.63) is 83.4 Å². The molecule has 0 aliphatic heterocycles. The second kappa shape index (κ2) is 10.5. The Kier molecular flexibility index (Phi) is 7.49. The predicted molar refractivity (Wildman–Crippen MR) is 127 cm³/mol. The van der Waals surface area contributed by atoms with Crippen molar-refractivity contribution >= 4 is 23.2 Å². The first-order chi connectivity index (χ1) is 15.4. The summed E-state index contributed by atoms with van der Waals surface area (Å²) in [6.07, 6.45) is -0.701. The molecule has 3 aromatic carbocycles. The fourth-order valence-electron chi connectivity index (χ4n) is 3.11. The lowest BCUT2D eigenvalue weighted by molar-refractivity contribution is -0.122. The van der Waals surface area contributed by atoms with Crippen LogP contribution in [0.4, 0.5) is 11.4 Å². The smallest absolute Gasteiger partial charge is 0.265 e. The number of carbonyl (C=O) groups excluding carboxylic acids is 2. The Hall–Kier alpha value is -3.80. The number of hydrogen-bond acceptors (Lipinski definition) is 4. The van der Waals surface area contributed by atoms with Crippen LogP contribution in [0.25, 0.3) is 0 Å². The number of anilines is 2. The van der Waals surface area contributed by atoms with Gasteiger partial charge in [0.15, 0.2) is 6.10 Å². The SMILES string of the molecule is CCOc1ccccc1NC(=O)c1ccc(OC(C)C(=O)Nc2cccc(C)c2C)cc1. The molecule has 0 aromatic heterocycles. The summed E-state index contributed by atoms with van der Waals surface area (Å²) in [6.45, 7) is 8.05. The van der Waals surface area contributed by atoms with E-state index in [0.717, 1.165) is 16.8 Å². The molecule has 1 unspecified atom stereocenters. The number of ether oxygens (including phenoxy) is 2. The van der Waals surface area contributed by atoms with Crippen molar-refractivity contribution in [2.45, 2.75) is 33.8 Å². The standard InChI is InChI=1S/C26H28N2O4/c1-5-31-24-12-7-6-10-23(24)28-26(30)20-13-15-21(16-14-20)32-19(4)25(29)27-22-11-8-9-17(2)18(22)3/h6-16,19H,5H2,1-4H3,(H,27,29)(H,28,30). The number of amides is 2. The van der Waals surface area contributed by atoms with E-state index in [1.54, 1.807) is 43.3 Å². The number of para-hydroxylation sites is 2. The summed E-state index contributed by atoms with van der Waals surface area (Å²) < 4.78 is 11.3. The van der Waals surface area contributed by atoms with E-state index in [1.165, 1.54) is 0 Å². The van der Waals surface area contributed by atoms with Gasteiger partial charge in [-0.1, -0.05) is 24.3 Å². The maximum absolute atomic E-state index is 12.6. The van der Waals surface area contributed by atoms with Gasteiger partial charge in [0.05, 0.1) is 12.3 Å². The molecule has 0 aliphatic carbocycles. The van der Waals surface area contributed by atoms with Crippen LogP contribution in [0.5, 0.6) is 11.5 Å². The van der Waals surface area contributed by atoms with Gasteiger partial charge in [-0.2, -0.15) is 0 Å². The summed E-state index contributed by atoms with van der Waals surface area (Å²) in [4.78, 5) is 25.1. The first-order valence-corrected chi connectivity index (χ1v) is 10.6. The highest BCUT2D eigenvalue weighted by Crippen LogP contribution is 2.25. The third kappa shape index (κ3) is 5.66. The third-order valence-corrected chi connectivity index (χ3v) is 5.10. The van der Waals surface area contributed by atoms with E-state index < -0.39 is 6.10 Å². The van der Waals surface area contributed by atoms with Crippen molar-refractivity contribution in [1.29, 1.82) is 0 Å². The molecule has 32 heavy (non-hydrogen) atoms. The molecule has 2 N–H and O–H groups in total. The van der Waals surface area contributed by atoms with Crippen molar-refractivity contribution in [3.8, 4) is 11.5 Å². The van der Waals surface area contributed by atoms with Crippen molar-refractivity contribution in [2.24, 2.45) is 0 Å². The molecule has 0 spiro atoms. The molecule has 0 bridgehead atoms. The van der Waals surface area contributed by atoms with E-state index >= 15 is 0 Å². The van der Waals surface area contributed by atoms with Crippen molar-refractivity contribution in [1.82, 2.24) is 0 Å². The minimum Gasteiger partial charge on any atom is -0.492 e. The normalized spacial score (nSPS) is 11.4. The van der Waals surface area contributed by atoms with E-state index in [9.17, 15) is 9.59 Å². The lowest BCUT2D eigenvalue weighted by Gasteiger charge is -2.16. The molecule has 0 radical (unpaired) electrons. The zero-order chi connectivity index (χ0) is 23.1. The first-order valence-electron chi connectivity index (χ1n) is 10.6. The van der Waals surface area contributed by atoms with Gasteiger partial charge in [0.1, 0.15) is 11.5 Å². The highest BCUT2D eigenvalue weighted by Gasteiger charge is 2.17. The van der Waals surface area contributed by atoms with Gasteiger partial charge in [-0.3, -0.25) is 9.59 Å². The van der Waals surface area contributed by atoms with E-state index in [-0.39, 0.29) is 11.8 Å². The van der Waals surface area contributed by atoms with E-state index in [2.05, 4.69) is 10.6 Å². The van der Waals surface area contributed by atoms with Crippen molar-refractivity contribution in [3.63, 3.8) is 0 Å². The van der Waals surface area contributed by atoms with E-state index in [0.29, 0.717) is 29.4 Å². The molecule has 166 valence electrons. The summed E-state index contributed by atoms with van der Waals surface area (Å²) in [5, 5.41) is 5.76. The van der Waals surface area contributed by atoms with Crippen LogP contribution >= 0.6 is 0 Å². The van der Waals surface area contributed by atoms with E-state index in [1.807, 2.05) is 51.1 Å². The largest absolute Gasteiger partial charge is 0.492 e.